The second-order valence-corrected chi connectivity index (χ2v) is 3.94. The summed E-state index contributed by atoms with van der Waals surface area (Å²) >= 11 is 0. The van der Waals surface area contributed by atoms with Crippen LogP contribution in [0.1, 0.15) is 27.2 Å². The van der Waals surface area contributed by atoms with E-state index in [1.165, 1.54) is 6.92 Å². The zero-order valence-electron chi connectivity index (χ0n) is 10.2. The SMILES string of the molecule is CC[C@H](C)[C@H](NC(=O)NC(C)C(N)=O)C(=O)O. The molecule has 7 heteroatoms. The van der Waals surface area contributed by atoms with Crippen molar-refractivity contribution in [1.29, 1.82) is 0 Å². The van der Waals surface area contributed by atoms with Gasteiger partial charge >= 0.3 is 12.0 Å². The number of aliphatic carboxylic acids is 1. The van der Waals surface area contributed by atoms with Gasteiger partial charge in [-0.15, -0.1) is 0 Å². The van der Waals surface area contributed by atoms with E-state index in [2.05, 4.69) is 10.6 Å². The summed E-state index contributed by atoms with van der Waals surface area (Å²) in [6.07, 6.45) is 0.614. The van der Waals surface area contributed by atoms with Crippen molar-refractivity contribution in [3.05, 3.63) is 0 Å². The van der Waals surface area contributed by atoms with Gasteiger partial charge in [0.05, 0.1) is 0 Å². The van der Waals surface area contributed by atoms with Crippen molar-refractivity contribution in [2.24, 2.45) is 11.7 Å². The highest BCUT2D eigenvalue weighted by molar-refractivity contribution is 5.87. The molecule has 0 aliphatic carbocycles. The van der Waals surface area contributed by atoms with E-state index in [4.69, 9.17) is 10.8 Å². The largest absolute Gasteiger partial charge is 0.480 e. The first-order valence-corrected chi connectivity index (χ1v) is 5.38. The number of primary amides is 1. The lowest BCUT2D eigenvalue weighted by molar-refractivity contribution is -0.140. The van der Waals surface area contributed by atoms with Gasteiger partial charge in [0, 0.05) is 0 Å². The summed E-state index contributed by atoms with van der Waals surface area (Å²) in [7, 11) is 0. The highest BCUT2D eigenvalue weighted by Gasteiger charge is 2.26. The van der Waals surface area contributed by atoms with Gasteiger partial charge in [0.15, 0.2) is 0 Å². The Hall–Kier alpha value is -1.79. The van der Waals surface area contributed by atoms with Crippen molar-refractivity contribution in [3.8, 4) is 0 Å². The Morgan fingerprint density at radius 1 is 1.24 bits per heavy atom. The molecule has 0 aromatic carbocycles. The first-order chi connectivity index (χ1) is 7.79. The van der Waals surface area contributed by atoms with Gasteiger partial charge in [-0.3, -0.25) is 4.79 Å². The zero-order chi connectivity index (χ0) is 13.6. The number of carboxylic acids is 1. The molecule has 0 saturated carbocycles. The topological polar surface area (TPSA) is 122 Å². The standard InChI is InChI=1S/C10H19N3O4/c1-4-5(2)7(9(15)16)13-10(17)12-6(3)8(11)14/h5-7H,4H2,1-3H3,(H2,11,14)(H,15,16)(H2,12,13,17)/t5-,6?,7-/m0/s1. The molecule has 98 valence electrons. The molecule has 0 heterocycles. The van der Waals surface area contributed by atoms with Crippen molar-refractivity contribution in [3.63, 3.8) is 0 Å². The smallest absolute Gasteiger partial charge is 0.326 e. The molecule has 5 N–H and O–H groups in total. The Balaban J connectivity index is 4.42. The number of rotatable bonds is 6. The maximum absolute atomic E-state index is 11.4. The van der Waals surface area contributed by atoms with Gasteiger partial charge < -0.3 is 21.5 Å². The maximum atomic E-state index is 11.4. The van der Waals surface area contributed by atoms with Gasteiger partial charge in [0.25, 0.3) is 0 Å². The fraction of sp³-hybridized carbons (Fsp3) is 0.700. The number of hydrogen-bond acceptors (Lipinski definition) is 3. The van der Waals surface area contributed by atoms with Crippen molar-refractivity contribution >= 4 is 17.9 Å². The van der Waals surface area contributed by atoms with Crippen LogP contribution in [0.4, 0.5) is 4.79 Å². The quantitative estimate of drug-likeness (QED) is 0.511. The third-order valence-corrected chi connectivity index (χ3v) is 2.54. The number of carbonyl (C=O) groups is 3. The third kappa shape index (κ3) is 5.19. The van der Waals surface area contributed by atoms with Crippen LogP contribution in [-0.4, -0.2) is 35.1 Å². The van der Waals surface area contributed by atoms with Gasteiger partial charge in [-0.1, -0.05) is 20.3 Å². The molecule has 0 saturated heterocycles. The summed E-state index contributed by atoms with van der Waals surface area (Å²) in [6.45, 7) is 4.96. The van der Waals surface area contributed by atoms with Crippen molar-refractivity contribution in [2.45, 2.75) is 39.3 Å². The van der Waals surface area contributed by atoms with Gasteiger partial charge in [-0.2, -0.15) is 0 Å². The van der Waals surface area contributed by atoms with Crippen LogP contribution < -0.4 is 16.4 Å². The first kappa shape index (κ1) is 15.2. The van der Waals surface area contributed by atoms with E-state index < -0.39 is 30.0 Å². The Morgan fingerprint density at radius 2 is 1.76 bits per heavy atom. The summed E-state index contributed by atoms with van der Waals surface area (Å²) < 4.78 is 0. The zero-order valence-corrected chi connectivity index (χ0v) is 10.2. The van der Waals surface area contributed by atoms with E-state index in [0.29, 0.717) is 6.42 Å². The molecule has 17 heavy (non-hydrogen) atoms. The van der Waals surface area contributed by atoms with Crippen LogP contribution in [0.5, 0.6) is 0 Å². The lowest BCUT2D eigenvalue weighted by Gasteiger charge is -2.21. The molecule has 0 aromatic rings. The molecule has 3 amide bonds. The normalized spacial score (nSPS) is 15.5. The number of nitrogens with two attached hydrogens (primary N) is 1. The molecular weight excluding hydrogens is 226 g/mol. The van der Waals surface area contributed by atoms with E-state index in [-0.39, 0.29) is 5.92 Å². The predicted octanol–water partition coefficient (Wildman–Crippen LogP) is -0.341. The summed E-state index contributed by atoms with van der Waals surface area (Å²) in [5, 5.41) is 13.5. The predicted molar refractivity (Wildman–Crippen MR) is 61.2 cm³/mol. The molecule has 0 spiro atoms. The monoisotopic (exact) mass is 245 g/mol. The van der Waals surface area contributed by atoms with Crippen molar-refractivity contribution in [2.75, 3.05) is 0 Å². The van der Waals surface area contributed by atoms with Crippen LogP contribution in [0.15, 0.2) is 0 Å². The molecule has 0 bridgehead atoms. The lowest BCUT2D eigenvalue weighted by atomic mass is 9.99. The van der Waals surface area contributed by atoms with Gasteiger partial charge in [-0.05, 0) is 12.8 Å². The molecule has 0 fully saturated rings. The average Bonchev–Trinajstić information content (AvgIpc) is 2.24. The molecule has 0 radical (unpaired) electrons. The average molecular weight is 245 g/mol. The molecule has 7 nitrogen and oxygen atoms in total. The first-order valence-electron chi connectivity index (χ1n) is 5.38. The molecule has 1 unspecified atom stereocenters. The van der Waals surface area contributed by atoms with Gasteiger partial charge in [0.1, 0.15) is 12.1 Å². The maximum Gasteiger partial charge on any atom is 0.326 e. The number of carboxylic acid groups (broad SMARTS) is 1. The molecule has 0 aromatic heterocycles. The summed E-state index contributed by atoms with van der Waals surface area (Å²) in [5.74, 6) is -2.00. The molecule has 0 rings (SSSR count). The Morgan fingerprint density at radius 3 is 2.12 bits per heavy atom. The van der Waals surface area contributed by atoms with Crippen LogP contribution in [-0.2, 0) is 9.59 Å². The van der Waals surface area contributed by atoms with Crippen LogP contribution >= 0.6 is 0 Å². The minimum atomic E-state index is -1.11. The van der Waals surface area contributed by atoms with E-state index in [9.17, 15) is 14.4 Å². The van der Waals surface area contributed by atoms with Crippen LogP contribution in [0, 0.1) is 5.92 Å². The van der Waals surface area contributed by atoms with Gasteiger partial charge in [-0.25, -0.2) is 9.59 Å². The summed E-state index contributed by atoms with van der Waals surface area (Å²) in [6, 6.07) is -2.55. The minimum absolute atomic E-state index is 0.206. The second kappa shape index (κ2) is 6.72. The van der Waals surface area contributed by atoms with E-state index in [0.717, 1.165) is 0 Å². The van der Waals surface area contributed by atoms with E-state index in [1.54, 1.807) is 6.92 Å². The highest BCUT2D eigenvalue weighted by Crippen LogP contribution is 2.07. The number of amides is 3. The van der Waals surface area contributed by atoms with Crippen LogP contribution in [0.2, 0.25) is 0 Å². The fourth-order valence-electron chi connectivity index (χ4n) is 1.13. The van der Waals surface area contributed by atoms with Gasteiger partial charge in [0.2, 0.25) is 5.91 Å². The molecular formula is C10H19N3O4. The minimum Gasteiger partial charge on any atom is -0.480 e. The van der Waals surface area contributed by atoms with Crippen LogP contribution in [0.3, 0.4) is 0 Å². The summed E-state index contributed by atoms with van der Waals surface area (Å²) in [5.41, 5.74) is 4.96. The van der Waals surface area contributed by atoms with E-state index >= 15 is 0 Å². The van der Waals surface area contributed by atoms with E-state index in [1.807, 2.05) is 6.92 Å². The number of urea groups is 1. The third-order valence-electron chi connectivity index (χ3n) is 2.54. The molecule has 0 aliphatic rings. The Kier molecular flexibility index (Phi) is 6.01. The Bertz CT molecular complexity index is 306. The highest BCUT2D eigenvalue weighted by atomic mass is 16.4. The van der Waals surface area contributed by atoms with Crippen LogP contribution in [0.25, 0.3) is 0 Å². The fourth-order valence-corrected chi connectivity index (χ4v) is 1.13. The number of nitrogens with one attached hydrogen (secondary N) is 2. The Labute approximate surface area is 99.7 Å². The number of carbonyl (C=O) groups excluding carboxylic acids is 2. The van der Waals surface area contributed by atoms with Crippen molar-refractivity contribution in [1.82, 2.24) is 10.6 Å². The number of hydrogen-bond donors (Lipinski definition) is 4. The molecule has 0 aliphatic heterocycles. The second-order valence-electron chi connectivity index (χ2n) is 3.94. The molecule has 3 atom stereocenters. The summed E-state index contributed by atoms with van der Waals surface area (Å²) in [4.78, 5) is 33.0. The lowest BCUT2D eigenvalue weighted by Crippen LogP contribution is -2.53. The van der Waals surface area contributed by atoms with Crippen molar-refractivity contribution < 1.29 is 19.5 Å².